The molecule has 0 radical (unpaired) electrons. The second kappa shape index (κ2) is 5.89. The number of carbonyl (C=O) groups excluding carboxylic acids is 1. The molecule has 4 rings (SSSR count). The highest BCUT2D eigenvalue weighted by atomic mass is 32.2. The van der Waals surface area contributed by atoms with E-state index in [-0.39, 0.29) is 16.6 Å². The largest absolute Gasteiger partial charge is 0.454 e. The minimum absolute atomic E-state index is 0.0996. The van der Waals surface area contributed by atoms with Crippen LogP contribution in [-0.4, -0.2) is 20.5 Å². The third kappa shape index (κ3) is 2.96. The lowest BCUT2D eigenvalue weighted by atomic mass is 9.95. The van der Waals surface area contributed by atoms with Crippen molar-refractivity contribution in [2.45, 2.75) is 11.0 Å². The molecule has 0 N–H and O–H groups in total. The number of hydrogen-bond acceptors (Lipinski definition) is 5. The lowest BCUT2D eigenvalue weighted by Crippen LogP contribution is -2.28. The first kappa shape index (κ1) is 15.7. The molecule has 0 spiro atoms. The molecule has 2 aliphatic rings. The van der Waals surface area contributed by atoms with Crippen LogP contribution in [0, 0.1) is 5.92 Å². The maximum Gasteiger partial charge on any atom is 0.339 e. The standard InChI is InChI=1S/C19H14O5S/c20-19-11-9-14-8-10-15(12-17(14)23-19)24-25(21,22)18-7-3-5-13-4-1-2-6-16(13)18/h1-12,14,17H/t14-,17+/m0/s1. The third-order valence-corrected chi connectivity index (χ3v) is 5.43. The van der Waals surface area contributed by atoms with Crippen molar-refractivity contribution in [3.63, 3.8) is 0 Å². The van der Waals surface area contributed by atoms with Crippen molar-refractivity contribution < 1.29 is 22.1 Å². The van der Waals surface area contributed by atoms with Crippen molar-refractivity contribution in [1.82, 2.24) is 0 Å². The number of rotatable bonds is 3. The maximum atomic E-state index is 12.7. The van der Waals surface area contributed by atoms with Crippen molar-refractivity contribution in [3.05, 3.63) is 78.6 Å². The molecule has 0 unspecified atom stereocenters. The maximum absolute atomic E-state index is 12.7. The lowest BCUT2D eigenvalue weighted by molar-refractivity contribution is -0.143. The minimum atomic E-state index is -4.02. The second-order valence-corrected chi connectivity index (χ2v) is 7.30. The van der Waals surface area contributed by atoms with Gasteiger partial charge in [0.15, 0.2) is 0 Å². The van der Waals surface area contributed by atoms with Gasteiger partial charge in [0.05, 0.1) is 0 Å². The Bertz CT molecular complexity index is 1040. The molecule has 2 atom stereocenters. The number of esters is 1. The van der Waals surface area contributed by atoms with E-state index in [4.69, 9.17) is 8.92 Å². The minimum Gasteiger partial charge on any atom is -0.454 e. The fraction of sp³-hybridized carbons (Fsp3) is 0.105. The van der Waals surface area contributed by atoms with E-state index in [1.54, 1.807) is 36.4 Å². The highest BCUT2D eigenvalue weighted by molar-refractivity contribution is 7.87. The quantitative estimate of drug-likeness (QED) is 0.626. The van der Waals surface area contributed by atoms with Crippen LogP contribution in [0.4, 0.5) is 0 Å². The molecule has 0 saturated heterocycles. The van der Waals surface area contributed by atoms with Crippen molar-refractivity contribution in [2.24, 2.45) is 5.92 Å². The molecule has 2 aromatic carbocycles. The van der Waals surface area contributed by atoms with Gasteiger partial charge in [0.2, 0.25) is 0 Å². The third-order valence-electron chi connectivity index (χ3n) is 4.12. The van der Waals surface area contributed by atoms with E-state index in [0.29, 0.717) is 5.39 Å². The Labute approximate surface area is 145 Å². The number of allylic oxidation sites excluding steroid dienone is 1. The Kier molecular flexibility index (Phi) is 3.69. The summed E-state index contributed by atoms with van der Waals surface area (Å²) in [7, 11) is -4.02. The van der Waals surface area contributed by atoms with Gasteiger partial charge >= 0.3 is 16.1 Å². The molecule has 25 heavy (non-hydrogen) atoms. The molecule has 6 heteroatoms. The molecule has 0 aromatic heterocycles. The average Bonchev–Trinajstić information content (AvgIpc) is 2.60. The van der Waals surface area contributed by atoms with Crippen LogP contribution in [0.5, 0.6) is 0 Å². The van der Waals surface area contributed by atoms with Gasteiger partial charge in [-0.25, -0.2) is 4.79 Å². The number of carbonyl (C=O) groups is 1. The molecule has 0 bridgehead atoms. The predicted molar refractivity (Wildman–Crippen MR) is 92.0 cm³/mol. The van der Waals surface area contributed by atoms with Crippen LogP contribution in [0.25, 0.3) is 10.8 Å². The zero-order chi connectivity index (χ0) is 17.4. The van der Waals surface area contributed by atoms with Gasteiger partial charge in [-0.2, -0.15) is 8.42 Å². The summed E-state index contributed by atoms with van der Waals surface area (Å²) in [4.78, 5) is 11.5. The highest BCUT2D eigenvalue weighted by Crippen LogP contribution is 2.29. The number of benzene rings is 2. The second-order valence-electron chi connectivity index (χ2n) is 5.78. The number of ether oxygens (including phenoxy) is 1. The summed E-state index contributed by atoms with van der Waals surface area (Å²) in [5, 5.41) is 1.40. The van der Waals surface area contributed by atoms with E-state index in [0.717, 1.165) is 5.39 Å². The molecule has 126 valence electrons. The van der Waals surface area contributed by atoms with Crippen molar-refractivity contribution in [2.75, 3.05) is 0 Å². The van der Waals surface area contributed by atoms with Crippen molar-refractivity contribution in [3.8, 4) is 0 Å². The van der Waals surface area contributed by atoms with Crippen LogP contribution in [0.1, 0.15) is 0 Å². The van der Waals surface area contributed by atoms with E-state index >= 15 is 0 Å². The number of fused-ring (bicyclic) bond motifs is 2. The monoisotopic (exact) mass is 354 g/mol. The summed E-state index contributed by atoms with van der Waals surface area (Å²) in [5.74, 6) is -0.424. The molecular formula is C19H14O5S. The Morgan fingerprint density at radius 2 is 1.72 bits per heavy atom. The van der Waals surface area contributed by atoms with Gasteiger partial charge in [-0.15, -0.1) is 0 Å². The Balaban J connectivity index is 1.67. The fourth-order valence-corrected chi connectivity index (χ4v) is 4.09. The first-order valence-electron chi connectivity index (χ1n) is 7.74. The van der Waals surface area contributed by atoms with E-state index in [1.807, 2.05) is 18.2 Å². The predicted octanol–water partition coefficient (Wildman–Crippen LogP) is 3.10. The Morgan fingerprint density at radius 1 is 0.960 bits per heavy atom. The van der Waals surface area contributed by atoms with Crippen LogP contribution in [0.3, 0.4) is 0 Å². The number of hydrogen-bond donors (Lipinski definition) is 0. The summed E-state index contributed by atoms with van der Waals surface area (Å²) in [6.45, 7) is 0. The first-order valence-corrected chi connectivity index (χ1v) is 9.15. The van der Waals surface area contributed by atoms with E-state index in [1.165, 1.54) is 18.2 Å². The summed E-state index contributed by atoms with van der Waals surface area (Å²) < 4.78 is 35.9. The zero-order valence-electron chi connectivity index (χ0n) is 13.0. The lowest BCUT2D eigenvalue weighted by Gasteiger charge is -2.25. The molecule has 0 fully saturated rings. The topological polar surface area (TPSA) is 69.7 Å². The van der Waals surface area contributed by atoms with Gasteiger partial charge in [-0.3, -0.25) is 0 Å². The molecule has 0 amide bonds. The van der Waals surface area contributed by atoms with Gasteiger partial charge in [-0.05, 0) is 17.5 Å². The molecular weight excluding hydrogens is 340 g/mol. The molecule has 5 nitrogen and oxygen atoms in total. The van der Waals surface area contributed by atoms with Crippen LogP contribution in [0.15, 0.2) is 83.5 Å². The summed E-state index contributed by atoms with van der Waals surface area (Å²) in [5.41, 5.74) is 0. The normalized spacial score (nSPS) is 22.2. The fourth-order valence-electron chi connectivity index (χ4n) is 2.93. The highest BCUT2D eigenvalue weighted by Gasteiger charge is 2.28. The van der Waals surface area contributed by atoms with Gasteiger partial charge in [0.25, 0.3) is 0 Å². The van der Waals surface area contributed by atoms with E-state index < -0.39 is 22.2 Å². The van der Waals surface area contributed by atoms with Crippen molar-refractivity contribution >= 4 is 26.9 Å². The van der Waals surface area contributed by atoms with Gasteiger partial charge in [0, 0.05) is 23.5 Å². The molecule has 1 heterocycles. The molecule has 1 aliphatic carbocycles. The smallest absolute Gasteiger partial charge is 0.339 e. The molecule has 1 aliphatic heterocycles. The van der Waals surface area contributed by atoms with Gasteiger partial charge in [0.1, 0.15) is 16.8 Å². The van der Waals surface area contributed by atoms with E-state index in [2.05, 4.69) is 0 Å². The SMILES string of the molecule is O=C1C=C[C@@H]2C=CC(OS(=O)(=O)c3cccc4ccccc34)=C[C@H]2O1. The van der Waals surface area contributed by atoms with Crippen LogP contribution >= 0.6 is 0 Å². The summed E-state index contributed by atoms with van der Waals surface area (Å²) in [6.07, 6.45) is 7.36. The zero-order valence-corrected chi connectivity index (χ0v) is 13.8. The van der Waals surface area contributed by atoms with Crippen LogP contribution in [-0.2, 0) is 23.8 Å². The van der Waals surface area contributed by atoms with Crippen LogP contribution in [0.2, 0.25) is 0 Å². The summed E-state index contributed by atoms with van der Waals surface area (Å²) >= 11 is 0. The Morgan fingerprint density at radius 3 is 2.60 bits per heavy atom. The first-order chi connectivity index (χ1) is 12.0. The average molecular weight is 354 g/mol. The van der Waals surface area contributed by atoms with Gasteiger partial charge in [-0.1, -0.05) is 48.6 Å². The van der Waals surface area contributed by atoms with Gasteiger partial charge < -0.3 is 8.92 Å². The van der Waals surface area contributed by atoms with Crippen molar-refractivity contribution in [1.29, 1.82) is 0 Å². The van der Waals surface area contributed by atoms with E-state index in [9.17, 15) is 13.2 Å². The summed E-state index contributed by atoms with van der Waals surface area (Å²) in [6, 6.07) is 12.2. The molecule has 2 aromatic rings. The molecule has 0 saturated carbocycles. The van der Waals surface area contributed by atoms with Crippen LogP contribution < -0.4 is 0 Å². The Hall–Kier alpha value is -2.86.